The van der Waals surface area contributed by atoms with Crippen LogP contribution in [0.3, 0.4) is 0 Å². The van der Waals surface area contributed by atoms with E-state index in [-0.39, 0.29) is 16.6 Å². The minimum atomic E-state index is -0.505. The summed E-state index contributed by atoms with van der Waals surface area (Å²) in [6, 6.07) is 4.16. The van der Waals surface area contributed by atoms with Gasteiger partial charge in [-0.1, -0.05) is 0 Å². The summed E-state index contributed by atoms with van der Waals surface area (Å²) in [6.45, 7) is 4.76. The van der Waals surface area contributed by atoms with Crippen LogP contribution >= 0.6 is 0 Å². The average molecular weight is 318 g/mol. The highest BCUT2D eigenvalue weighted by atomic mass is 16.6. The van der Waals surface area contributed by atoms with Gasteiger partial charge in [0.05, 0.1) is 35.4 Å². The van der Waals surface area contributed by atoms with E-state index in [0.29, 0.717) is 12.1 Å². The second-order valence-corrected chi connectivity index (χ2v) is 5.51. The van der Waals surface area contributed by atoms with Crippen molar-refractivity contribution in [2.24, 2.45) is 0 Å². The molecule has 8 nitrogen and oxygen atoms in total. The highest BCUT2D eigenvalue weighted by Gasteiger charge is 2.12. The van der Waals surface area contributed by atoms with E-state index in [2.05, 4.69) is 9.88 Å². The molecule has 0 bridgehead atoms. The first-order chi connectivity index (χ1) is 11.1. The molecule has 0 aliphatic carbocycles. The zero-order valence-corrected chi connectivity index (χ0v) is 12.7. The molecule has 1 aromatic heterocycles. The maximum atomic E-state index is 12.5. The van der Waals surface area contributed by atoms with Crippen LogP contribution in [0, 0.1) is 10.1 Å². The lowest BCUT2D eigenvalue weighted by Gasteiger charge is -2.26. The Kier molecular flexibility index (Phi) is 4.63. The number of nitro benzene ring substituents is 1. The number of fused-ring (bicyclic) bond motifs is 1. The first kappa shape index (κ1) is 15.6. The van der Waals surface area contributed by atoms with E-state index >= 15 is 0 Å². The number of rotatable bonds is 5. The largest absolute Gasteiger partial charge is 0.379 e. The lowest BCUT2D eigenvalue weighted by atomic mass is 10.2. The molecule has 1 saturated heterocycles. The summed E-state index contributed by atoms with van der Waals surface area (Å²) in [7, 11) is 0. The fourth-order valence-corrected chi connectivity index (χ4v) is 2.71. The molecule has 122 valence electrons. The van der Waals surface area contributed by atoms with Crippen LogP contribution in [0.25, 0.3) is 10.9 Å². The van der Waals surface area contributed by atoms with Crippen LogP contribution in [-0.4, -0.2) is 52.2 Å². The summed E-state index contributed by atoms with van der Waals surface area (Å²) in [5, 5.41) is 11.1. The number of nitrogens with zero attached hydrogens (tertiary/aromatic N) is 4. The Hall–Kier alpha value is -2.32. The Bertz CT molecular complexity index is 768. The molecule has 0 unspecified atom stereocenters. The van der Waals surface area contributed by atoms with E-state index in [0.717, 1.165) is 39.3 Å². The number of hydrogen-bond donors (Lipinski definition) is 0. The number of aromatic nitrogens is 2. The molecule has 8 heteroatoms. The van der Waals surface area contributed by atoms with Gasteiger partial charge in [-0.25, -0.2) is 4.98 Å². The predicted octanol–water partition coefficient (Wildman–Crippen LogP) is 1.03. The smallest absolute Gasteiger partial charge is 0.270 e. The molecule has 0 amide bonds. The molecule has 0 spiro atoms. The van der Waals surface area contributed by atoms with Crippen molar-refractivity contribution in [2.45, 2.75) is 13.0 Å². The van der Waals surface area contributed by atoms with Gasteiger partial charge in [-0.15, -0.1) is 0 Å². The standard InChI is InChI=1S/C15H18N4O4/c20-15-13-10-12(19(21)22)2-3-14(13)16-11-18(15)5-1-4-17-6-8-23-9-7-17/h2-3,10-11H,1,4-9H2. The van der Waals surface area contributed by atoms with Crippen molar-refractivity contribution in [2.75, 3.05) is 32.8 Å². The molecule has 1 fully saturated rings. The minimum Gasteiger partial charge on any atom is -0.379 e. The molecule has 0 atom stereocenters. The Morgan fingerprint density at radius 1 is 1.26 bits per heavy atom. The molecule has 2 aromatic rings. The molecule has 0 saturated carbocycles. The monoisotopic (exact) mass is 318 g/mol. The van der Waals surface area contributed by atoms with Crippen molar-refractivity contribution in [1.82, 2.24) is 14.5 Å². The molecular weight excluding hydrogens is 300 g/mol. The van der Waals surface area contributed by atoms with Crippen LogP contribution in [-0.2, 0) is 11.3 Å². The lowest BCUT2D eigenvalue weighted by Crippen LogP contribution is -2.37. The van der Waals surface area contributed by atoms with E-state index in [1.807, 2.05) is 0 Å². The predicted molar refractivity (Wildman–Crippen MR) is 84.5 cm³/mol. The summed E-state index contributed by atoms with van der Waals surface area (Å²) in [6.07, 6.45) is 2.33. The molecular formula is C15H18N4O4. The zero-order valence-electron chi connectivity index (χ0n) is 12.7. The Morgan fingerprint density at radius 3 is 2.78 bits per heavy atom. The van der Waals surface area contributed by atoms with Crippen molar-refractivity contribution in [3.63, 3.8) is 0 Å². The quantitative estimate of drug-likeness (QED) is 0.604. The maximum Gasteiger partial charge on any atom is 0.270 e. The van der Waals surface area contributed by atoms with E-state index in [1.54, 1.807) is 0 Å². The SMILES string of the molecule is O=c1c2cc([N+](=O)[O-])ccc2ncn1CCCN1CCOCC1. The summed E-state index contributed by atoms with van der Waals surface area (Å²) in [4.78, 5) is 29.3. The van der Waals surface area contributed by atoms with Gasteiger partial charge in [0, 0.05) is 38.3 Å². The molecule has 1 aliphatic heterocycles. The molecule has 1 aliphatic rings. The van der Waals surface area contributed by atoms with Gasteiger partial charge in [-0.3, -0.25) is 24.4 Å². The number of nitro groups is 1. The van der Waals surface area contributed by atoms with E-state index in [4.69, 9.17) is 4.74 Å². The van der Waals surface area contributed by atoms with Crippen molar-refractivity contribution in [3.8, 4) is 0 Å². The van der Waals surface area contributed by atoms with Gasteiger partial charge >= 0.3 is 0 Å². The van der Waals surface area contributed by atoms with Crippen LogP contribution in [0.4, 0.5) is 5.69 Å². The topological polar surface area (TPSA) is 90.5 Å². The van der Waals surface area contributed by atoms with Crippen molar-refractivity contribution in [3.05, 3.63) is 45.0 Å². The molecule has 2 heterocycles. The number of hydrogen-bond acceptors (Lipinski definition) is 6. The first-order valence-electron chi connectivity index (χ1n) is 7.59. The number of benzene rings is 1. The van der Waals surface area contributed by atoms with Crippen molar-refractivity contribution in [1.29, 1.82) is 0 Å². The van der Waals surface area contributed by atoms with Gasteiger partial charge < -0.3 is 4.74 Å². The van der Waals surface area contributed by atoms with Gasteiger partial charge in [0.2, 0.25) is 0 Å². The Balaban J connectivity index is 1.74. The van der Waals surface area contributed by atoms with Gasteiger partial charge in [-0.2, -0.15) is 0 Å². The number of ether oxygens (including phenoxy) is 1. The number of morpholine rings is 1. The summed E-state index contributed by atoms with van der Waals surface area (Å²) in [5.41, 5.74) is 0.146. The molecule has 1 aromatic carbocycles. The average Bonchev–Trinajstić information content (AvgIpc) is 2.57. The van der Waals surface area contributed by atoms with Gasteiger partial charge in [0.1, 0.15) is 0 Å². The van der Waals surface area contributed by atoms with Crippen LogP contribution < -0.4 is 5.56 Å². The summed E-state index contributed by atoms with van der Waals surface area (Å²) in [5.74, 6) is 0. The molecule has 0 radical (unpaired) electrons. The third-order valence-corrected chi connectivity index (χ3v) is 4.00. The lowest BCUT2D eigenvalue weighted by molar-refractivity contribution is -0.384. The third-order valence-electron chi connectivity index (χ3n) is 4.00. The van der Waals surface area contributed by atoms with Crippen molar-refractivity contribution < 1.29 is 9.66 Å². The molecule has 23 heavy (non-hydrogen) atoms. The van der Waals surface area contributed by atoms with Crippen LogP contribution in [0.5, 0.6) is 0 Å². The normalized spacial score (nSPS) is 15.8. The highest BCUT2D eigenvalue weighted by Crippen LogP contribution is 2.16. The molecule has 0 N–H and O–H groups in total. The van der Waals surface area contributed by atoms with Crippen LogP contribution in [0.1, 0.15) is 6.42 Å². The third kappa shape index (κ3) is 3.54. The number of non-ortho nitro benzene ring substituents is 1. The van der Waals surface area contributed by atoms with Crippen LogP contribution in [0.15, 0.2) is 29.3 Å². The van der Waals surface area contributed by atoms with Crippen LogP contribution in [0.2, 0.25) is 0 Å². The van der Waals surface area contributed by atoms with Crippen molar-refractivity contribution >= 4 is 16.6 Å². The zero-order chi connectivity index (χ0) is 16.2. The highest BCUT2D eigenvalue weighted by molar-refractivity contribution is 5.79. The van der Waals surface area contributed by atoms with Gasteiger partial charge in [-0.05, 0) is 12.5 Å². The Labute approximate surface area is 132 Å². The Morgan fingerprint density at radius 2 is 2.04 bits per heavy atom. The fourth-order valence-electron chi connectivity index (χ4n) is 2.71. The second kappa shape index (κ2) is 6.84. The first-order valence-corrected chi connectivity index (χ1v) is 7.59. The second-order valence-electron chi connectivity index (χ2n) is 5.51. The van der Waals surface area contributed by atoms with E-state index in [9.17, 15) is 14.9 Å². The fraction of sp³-hybridized carbons (Fsp3) is 0.467. The molecule has 3 rings (SSSR count). The van der Waals surface area contributed by atoms with E-state index < -0.39 is 4.92 Å². The van der Waals surface area contributed by atoms with Gasteiger partial charge in [0.15, 0.2) is 0 Å². The van der Waals surface area contributed by atoms with Gasteiger partial charge in [0.25, 0.3) is 11.2 Å². The number of aryl methyl sites for hydroxylation is 1. The minimum absolute atomic E-state index is 0.0949. The maximum absolute atomic E-state index is 12.5. The summed E-state index contributed by atoms with van der Waals surface area (Å²) >= 11 is 0. The van der Waals surface area contributed by atoms with E-state index in [1.165, 1.54) is 29.1 Å². The summed E-state index contributed by atoms with van der Waals surface area (Å²) < 4.78 is 6.82.